The van der Waals surface area contributed by atoms with Gasteiger partial charge in [-0.3, -0.25) is 4.79 Å². The number of hydrogen-bond acceptors (Lipinski definition) is 4. The lowest BCUT2D eigenvalue weighted by Crippen LogP contribution is -2.53. The molecule has 6 atom stereocenters. The second-order valence-electron chi connectivity index (χ2n) is 11.1. The summed E-state index contributed by atoms with van der Waals surface area (Å²) in [5.41, 5.74) is 2.40. The summed E-state index contributed by atoms with van der Waals surface area (Å²) in [6.07, 6.45) is 11.2. The highest BCUT2D eigenvalue weighted by atomic mass is 16.3. The van der Waals surface area contributed by atoms with Crippen molar-refractivity contribution in [2.75, 3.05) is 19.0 Å². The van der Waals surface area contributed by atoms with Gasteiger partial charge in [-0.25, -0.2) is 0 Å². The molecule has 3 saturated carbocycles. The molecule has 0 aromatic heterocycles. The summed E-state index contributed by atoms with van der Waals surface area (Å²) < 4.78 is 0. The van der Waals surface area contributed by atoms with Crippen molar-refractivity contribution >= 4 is 11.5 Å². The second-order valence-corrected chi connectivity index (χ2v) is 11.1. The Kier molecular flexibility index (Phi) is 4.89. The van der Waals surface area contributed by atoms with Crippen molar-refractivity contribution in [3.05, 3.63) is 41.0 Å². The summed E-state index contributed by atoms with van der Waals surface area (Å²) >= 11 is 0. The van der Waals surface area contributed by atoms with E-state index in [2.05, 4.69) is 42.0 Å². The molecule has 4 heteroatoms. The van der Waals surface area contributed by atoms with Crippen molar-refractivity contribution in [1.29, 1.82) is 0 Å². The molecule has 1 aromatic rings. The topological polar surface area (TPSA) is 60.8 Å². The maximum Gasteiger partial charge on any atom is 0.136 e. The van der Waals surface area contributed by atoms with E-state index in [4.69, 9.17) is 6.42 Å². The maximum atomic E-state index is 12.3. The van der Waals surface area contributed by atoms with Gasteiger partial charge >= 0.3 is 0 Å². The Morgan fingerprint density at radius 1 is 1.09 bits per heavy atom. The van der Waals surface area contributed by atoms with Gasteiger partial charge in [0, 0.05) is 44.0 Å². The van der Waals surface area contributed by atoms with Crippen LogP contribution in [0.2, 0.25) is 0 Å². The van der Waals surface area contributed by atoms with Gasteiger partial charge in [0.15, 0.2) is 0 Å². The number of ketones is 1. The zero-order chi connectivity index (χ0) is 22.9. The molecule has 1 aromatic carbocycles. The molecule has 0 saturated heterocycles. The third kappa shape index (κ3) is 2.94. The van der Waals surface area contributed by atoms with Gasteiger partial charge in [-0.15, -0.1) is 6.42 Å². The number of allylic oxidation sites excluding steroid dienone is 1. The first-order valence-corrected chi connectivity index (χ1v) is 12.1. The first kappa shape index (κ1) is 21.7. The Hall–Kier alpha value is -2.09. The SMILES string of the molecule is C#C[C@]1(O)CC[C@H]2[C@@H]3CC[C@@]4(O)CC(=O)CCC4=C3[C@@H](c3ccc(N(C)C)cc3)C[C@@]21C. The van der Waals surface area contributed by atoms with Gasteiger partial charge < -0.3 is 15.1 Å². The van der Waals surface area contributed by atoms with Gasteiger partial charge in [0.25, 0.3) is 0 Å². The van der Waals surface area contributed by atoms with Gasteiger partial charge in [-0.2, -0.15) is 0 Å². The monoisotopic (exact) mass is 433 g/mol. The number of aliphatic hydroxyl groups is 2. The van der Waals surface area contributed by atoms with E-state index in [0.29, 0.717) is 37.5 Å². The number of nitrogens with zero attached hydrogens (tertiary/aromatic N) is 1. The molecule has 2 N–H and O–H groups in total. The van der Waals surface area contributed by atoms with Crippen molar-refractivity contribution in [2.45, 2.75) is 75.4 Å². The maximum absolute atomic E-state index is 12.3. The van der Waals surface area contributed by atoms with E-state index < -0.39 is 11.2 Å². The summed E-state index contributed by atoms with van der Waals surface area (Å²) in [6, 6.07) is 8.68. The molecular formula is C28H35NO3. The molecule has 0 radical (unpaired) electrons. The molecule has 3 fully saturated rings. The van der Waals surface area contributed by atoms with Crippen LogP contribution in [-0.4, -0.2) is 41.3 Å². The van der Waals surface area contributed by atoms with Crippen molar-refractivity contribution in [3.63, 3.8) is 0 Å². The minimum Gasteiger partial charge on any atom is -0.385 e. The molecule has 0 spiro atoms. The fourth-order valence-corrected chi connectivity index (χ4v) is 7.64. The smallest absolute Gasteiger partial charge is 0.136 e. The standard InChI is InChI=1S/C28H35NO3/c1-5-28(32)15-13-23-21-12-14-27(31)16-20(30)10-11-24(27)25(21)22(17-26(23,28)2)18-6-8-19(9-7-18)29(3)4/h1,6-9,21-23,31-32H,10-17H2,2-4H3/t21-,22+,23-,26-,27+,28-/m0/s1. The van der Waals surface area contributed by atoms with Crippen molar-refractivity contribution in [3.8, 4) is 12.3 Å². The number of hydrogen-bond donors (Lipinski definition) is 2. The number of benzene rings is 1. The van der Waals surface area contributed by atoms with Gasteiger partial charge in [-0.05, 0) is 73.6 Å². The second kappa shape index (κ2) is 7.20. The van der Waals surface area contributed by atoms with Crippen LogP contribution in [-0.2, 0) is 4.79 Å². The number of anilines is 1. The first-order valence-electron chi connectivity index (χ1n) is 12.1. The Morgan fingerprint density at radius 3 is 2.47 bits per heavy atom. The van der Waals surface area contributed by atoms with E-state index in [1.807, 2.05) is 14.1 Å². The molecule has 32 heavy (non-hydrogen) atoms. The predicted molar refractivity (Wildman–Crippen MR) is 126 cm³/mol. The highest BCUT2D eigenvalue weighted by molar-refractivity contribution is 5.82. The van der Waals surface area contributed by atoms with Crippen LogP contribution >= 0.6 is 0 Å². The fraction of sp³-hybridized carbons (Fsp3) is 0.607. The van der Waals surface area contributed by atoms with E-state index in [1.54, 1.807) is 0 Å². The third-order valence-electron chi connectivity index (χ3n) is 9.44. The van der Waals surface area contributed by atoms with Crippen molar-refractivity contribution < 1.29 is 15.0 Å². The molecule has 5 rings (SSSR count). The number of carbonyl (C=O) groups is 1. The molecule has 0 amide bonds. The van der Waals surface area contributed by atoms with Crippen molar-refractivity contribution in [1.82, 2.24) is 0 Å². The van der Waals surface area contributed by atoms with E-state index in [1.165, 1.54) is 11.1 Å². The minimum atomic E-state index is -1.09. The van der Waals surface area contributed by atoms with E-state index in [0.717, 1.165) is 30.5 Å². The van der Waals surface area contributed by atoms with Crippen LogP contribution in [0, 0.1) is 29.6 Å². The lowest BCUT2D eigenvalue weighted by Gasteiger charge is -2.55. The molecule has 0 unspecified atom stereocenters. The lowest BCUT2D eigenvalue weighted by atomic mass is 9.50. The van der Waals surface area contributed by atoms with Crippen LogP contribution in [0.3, 0.4) is 0 Å². The Balaban J connectivity index is 1.67. The van der Waals surface area contributed by atoms with Crippen LogP contribution in [0.1, 0.15) is 69.8 Å². The van der Waals surface area contributed by atoms with E-state index in [-0.39, 0.29) is 23.5 Å². The zero-order valence-electron chi connectivity index (χ0n) is 19.5. The largest absolute Gasteiger partial charge is 0.385 e. The molecular weight excluding hydrogens is 398 g/mol. The molecule has 4 aliphatic rings. The third-order valence-corrected chi connectivity index (χ3v) is 9.44. The van der Waals surface area contributed by atoms with Crippen molar-refractivity contribution in [2.24, 2.45) is 17.3 Å². The number of carbonyl (C=O) groups excluding carboxylic acids is 1. The lowest BCUT2D eigenvalue weighted by molar-refractivity contribution is -0.126. The van der Waals surface area contributed by atoms with Gasteiger partial charge in [0.1, 0.15) is 11.4 Å². The van der Waals surface area contributed by atoms with Crippen LogP contribution in [0.15, 0.2) is 35.4 Å². The number of terminal acetylenes is 1. The summed E-state index contributed by atoms with van der Waals surface area (Å²) in [5.74, 6) is 3.67. The van der Waals surface area contributed by atoms with Crippen LogP contribution in [0.5, 0.6) is 0 Å². The normalized spacial score (nSPS) is 40.9. The van der Waals surface area contributed by atoms with Gasteiger partial charge in [0.05, 0.1) is 5.60 Å². The Morgan fingerprint density at radius 2 is 1.81 bits per heavy atom. The number of rotatable bonds is 2. The molecule has 0 aliphatic heterocycles. The summed E-state index contributed by atoms with van der Waals surface area (Å²) in [6.45, 7) is 2.19. The summed E-state index contributed by atoms with van der Waals surface area (Å²) in [7, 11) is 4.07. The predicted octanol–water partition coefficient (Wildman–Crippen LogP) is 4.21. The average Bonchev–Trinajstić information content (AvgIpc) is 3.03. The number of fused-ring (bicyclic) bond motifs is 4. The molecule has 4 nitrogen and oxygen atoms in total. The van der Waals surface area contributed by atoms with Crippen LogP contribution in [0.25, 0.3) is 0 Å². The minimum absolute atomic E-state index is 0.102. The zero-order valence-corrected chi connectivity index (χ0v) is 19.5. The Bertz CT molecular complexity index is 1020. The molecule has 0 bridgehead atoms. The van der Waals surface area contributed by atoms with Gasteiger partial charge in [0.2, 0.25) is 0 Å². The molecule has 4 aliphatic carbocycles. The first-order chi connectivity index (χ1) is 15.1. The van der Waals surface area contributed by atoms with E-state index >= 15 is 0 Å². The van der Waals surface area contributed by atoms with Crippen LogP contribution in [0.4, 0.5) is 5.69 Å². The summed E-state index contributed by atoms with van der Waals surface area (Å²) in [5, 5.41) is 23.1. The van der Waals surface area contributed by atoms with E-state index in [9.17, 15) is 15.0 Å². The molecule has 170 valence electrons. The quantitative estimate of drug-likeness (QED) is 0.542. The highest BCUT2D eigenvalue weighted by Crippen LogP contribution is 2.67. The Labute approximate surface area is 191 Å². The summed E-state index contributed by atoms with van der Waals surface area (Å²) in [4.78, 5) is 14.3. The number of Topliss-reactive ketones (excluding diaryl/α,β-unsaturated/α-hetero) is 1. The average molecular weight is 434 g/mol. The fourth-order valence-electron chi connectivity index (χ4n) is 7.64. The highest BCUT2D eigenvalue weighted by Gasteiger charge is 2.63. The molecule has 0 heterocycles. The van der Waals surface area contributed by atoms with Gasteiger partial charge in [-0.1, -0.05) is 30.6 Å². The van der Waals surface area contributed by atoms with Crippen LogP contribution < -0.4 is 4.90 Å².